The molecular formula is C17H21N3. The average molecular weight is 267 g/mol. The first-order chi connectivity index (χ1) is 9.86. The predicted octanol–water partition coefficient (Wildman–Crippen LogP) is 2.88. The molecule has 3 rings (SSSR count). The van der Waals surface area contributed by atoms with Crippen LogP contribution in [0, 0.1) is 0 Å². The first-order valence-electron chi connectivity index (χ1n) is 7.33. The summed E-state index contributed by atoms with van der Waals surface area (Å²) in [4.78, 5) is 6.75. The summed E-state index contributed by atoms with van der Waals surface area (Å²) < 4.78 is 0. The molecular weight excluding hydrogens is 246 g/mol. The van der Waals surface area contributed by atoms with Crippen LogP contribution in [0.2, 0.25) is 0 Å². The normalized spacial score (nSPS) is 14.8. The Hall–Kier alpha value is -1.87. The topological polar surface area (TPSA) is 42.1 Å². The Morgan fingerprint density at radius 3 is 2.95 bits per heavy atom. The van der Waals surface area contributed by atoms with Gasteiger partial charge in [-0.15, -0.1) is 0 Å². The van der Waals surface area contributed by atoms with Gasteiger partial charge in [0, 0.05) is 31.5 Å². The van der Waals surface area contributed by atoms with Gasteiger partial charge in [-0.25, -0.2) is 0 Å². The molecule has 2 N–H and O–H groups in total. The van der Waals surface area contributed by atoms with Gasteiger partial charge in [0.05, 0.1) is 5.69 Å². The first kappa shape index (κ1) is 13.1. The summed E-state index contributed by atoms with van der Waals surface area (Å²) in [6, 6.07) is 13.0. The summed E-state index contributed by atoms with van der Waals surface area (Å²) in [5.41, 5.74) is 10.8. The summed E-state index contributed by atoms with van der Waals surface area (Å²) in [7, 11) is 0. The minimum Gasteiger partial charge on any atom is -0.367 e. The smallest absolute Gasteiger partial charge is 0.0542 e. The molecule has 0 saturated carbocycles. The number of para-hydroxylation sites is 1. The van der Waals surface area contributed by atoms with E-state index in [1.54, 1.807) is 0 Å². The molecule has 1 aromatic carbocycles. The molecule has 3 nitrogen and oxygen atoms in total. The summed E-state index contributed by atoms with van der Waals surface area (Å²) >= 11 is 0. The molecule has 1 aliphatic heterocycles. The Morgan fingerprint density at radius 2 is 2.05 bits per heavy atom. The third-order valence-corrected chi connectivity index (χ3v) is 3.92. The Balaban J connectivity index is 1.86. The molecule has 1 aromatic heterocycles. The fourth-order valence-electron chi connectivity index (χ4n) is 2.89. The number of anilines is 1. The Bertz CT molecular complexity index is 580. The van der Waals surface area contributed by atoms with E-state index in [2.05, 4.69) is 46.3 Å². The van der Waals surface area contributed by atoms with Gasteiger partial charge < -0.3 is 10.6 Å². The van der Waals surface area contributed by atoms with Crippen LogP contribution >= 0.6 is 0 Å². The second-order valence-electron chi connectivity index (χ2n) is 5.37. The van der Waals surface area contributed by atoms with Gasteiger partial charge in [0.1, 0.15) is 0 Å². The lowest BCUT2D eigenvalue weighted by Crippen LogP contribution is -2.23. The minimum absolute atomic E-state index is 0.504. The lowest BCUT2D eigenvalue weighted by Gasteiger charge is -2.25. The molecule has 0 bridgehead atoms. The van der Waals surface area contributed by atoms with Crippen molar-refractivity contribution >= 4 is 5.69 Å². The fraction of sp³-hybridized carbons (Fsp3) is 0.353. The zero-order valence-electron chi connectivity index (χ0n) is 11.8. The summed E-state index contributed by atoms with van der Waals surface area (Å²) in [6.45, 7) is 2.56. The number of aryl methyl sites for hydroxylation is 1. The predicted molar refractivity (Wildman–Crippen MR) is 82.6 cm³/mol. The van der Waals surface area contributed by atoms with Crippen LogP contribution < -0.4 is 10.6 Å². The van der Waals surface area contributed by atoms with E-state index in [1.165, 1.54) is 36.1 Å². The van der Waals surface area contributed by atoms with Gasteiger partial charge in [-0.1, -0.05) is 18.2 Å². The van der Waals surface area contributed by atoms with Crippen molar-refractivity contribution in [2.24, 2.45) is 5.73 Å². The molecule has 2 heterocycles. The molecule has 0 amide bonds. The van der Waals surface area contributed by atoms with Crippen molar-refractivity contribution in [3.8, 4) is 0 Å². The molecule has 3 heteroatoms. The number of fused-ring (bicyclic) bond motifs is 1. The van der Waals surface area contributed by atoms with Crippen molar-refractivity contribution < 1.29 is 0 Å². The molecule has 0 aliphatic carbocycles. The van der Waals surface area contributed by atoms with Gasteiger partial charge >= 0.3 is 0 Å². The highest BCUT2D eigenvalue weighted by atomic mass is 15.1. The Kier molecular flexibility index (Phi) is 3.97. The Labute approximate surface area is 120 Å². The molecule has 2 aromatic rings. The van der Waals surface area contributed by atoms with Crippen LogP contribution in [-0.4, -0.2) is 11.5 Å². The largest absolute Gasteiger partial charge is 0.367 e. The van der Waals surface area contributed by atoms with Gasteiger partial charge in [0.15, 0.2) is 0 Å². The van der Waals surface area contributed by atoms with Crippen molar-refractivity contribution in [2.45, 2.75) is 32.4 Å². The summed E-state index contributed by atoms with van der Waals surface area (Å²) in [5, 5.41) is 0. The van der Waals surface area contributed by atoms with E-state index in [4.69, 9.17) is 5.73 Å². The number of benzene rings is 1. The molecule has 0 saturated heterocycles. The van der Waals surface area contributed by atoms with E-state index in [1.807, 2.05) is 6.20 Å². The third-order valence-electron chi connectivity index (χ3n) is 3.92. The van der Waals surface area contributed by atoms with Crippen molar-refractivity contribution in [1.29, 1.82) is 0 Å². The van der Waals surface area contributed by atoms with E-state index in [0.29, 0.717) is 6.54 Å². The fourth-order valence-corrected chi connectivity index (χ4v) is 2.89. The van der Waals surface area contributed by atoms with Gasteiger partial charge in [0.25, 0.3) is 0 Å². The summed E-state index contributed by atoms with van der Waals surface area (Å²) in [6.07, 6.45) is 5.58. The number of hydrogen-bond acceptors (Lipinski definition) is 3. The molecule has 0 spiro atoms. The van der Waals surface area contributed by atoms with E-state index >= 15 is 0 Å². The molecule has 1 aliphatic rings. The number of rotatable bonds is 3. The molecule has 0 fully saturated rings. The second-order valence-corrected chi connectivity index (χ2v) is 5.37. The lowest BCUT2D eigenvalue weighted by molar-refractivity contribution is 0.713. The molecule has 0 radical (unpaired) electrons. The second kappa shape index (κ2) is 6.06. The number of aromatic nitrogens is 1. The maximum Gasteiger partial charge on any atom is 0.0542 e. The van der Waals surface area contributed by atoms with Gasteiger partial charge in [-0.3, -0.25) is 4.98 Å². The monoisotopic (exact) mass is 267 g/mol. The van der Waals surface area contributed by atoms with Gasteiger partial charge in [0.2, 0.25) is 0 Å². The Morgan fingerprint density at radius 1 is 1.15 bits per heavy atom. The number of pyridine rings is 1. The van der Waals surface area contributed by atoms with Gasteiger partial charge in [-0.2, -0.15) is 0 Å². The van der Waals surface area contributed by atoms with E-state index < -0.39 is 0 Å². The molecule has 20 heavy (non-hydrogen) atoms. The highest BCUT2D eigenvalue weighted by molar-refractivity contribution is 5.54. The first-order valence-corrected chi connectivity index (χ1v) is 7.33. The van der Waals surface area contributed by atoms with Crippen molar-refractivity contribution in [1.82, 2.24) is 4.98 Å². The van der Waals surface area contributed by atoms with E-state index in [9.17, 15) is 0 Å². The van der Waals surface area contributed by atoms with Crippen LogP contribution in [0.15, 0.2) is 42.6 Å². The average Bonchev–Trinajstić information content (AvgIpc) is 2.70. The highest BCUT2D eigenvalue weighted by Crippen LogP contribution is 2.27. The van der Waals surface area contributed by atoms with E-state index in [-0.39, 0.29) is 0 Å². The highest BCUT2D eigenvalue weighted by Gasteiger charge is 2.14. The number of nitrogens with zero attached hydrogens (tertiary/aromatic N) is 2. The molecule has 0 unspecified atom stereocenters. The zero-order valence-corrected chi connectivity index (χ0v) is 11.8. The standard InChI is InChI=1S/C17H21N3/c18-12-16-11-14(8-9-19-16)13-20-10-4-3-6-15-5-1-2-7-17(15)20/h1-2,5,7-9,11H,3-4,6,10,12-13,18H2. The van der Waals surface area contributed by atoms with Crippen LogP contribution in [0.1, 0.15) is 29.7 Å². The molecule has 0 atom stereocenters. The quantitative estimate of drug-likeness (QED) is 0.929. The number of nitrogens with two attached hydrogens (primary N) is 1. The number of hydrogen-bond donors (Lipinski definition) is 1. The maximum atomic E-state index is 5.68. The summed E-state index contributed by atoms with van der Waals surface area (Å²) in [5.74, 6) is 0. The van der Waals surface area contributed by atoms with E-state index in [0.717, 1.165) is 18.8 Å². The molecule has 104 valence electrons. The lowest BCUT2D eigenvalue weighted by atomic mass is 10.1. The van der Waals surface area contributed by atoms with Crippen molar-refractivity contribution in [3.63, 3.8) is 0 Å². The van der Waals surface area contributed by atoms with Crippen molar-refractivity contribution in [3.05, 3.63) is 59.4 Å². The van der Waals surface area contributed by atoms with Crippen LogP contribution in [0.3, 0.4) is 0 Å². The van der Waals surface area contributed by atoms with Crippen LogP contribution in [0.25, 0.3) is 0 Å². The van der Waals surface area contributed by atoms with Crippen molar-refractivity contribution in [2.75, 3.05) is 11.4 Å². The third kappa shape index (κ3) is 2.83. The van der Waals surface area contributed by atoms with Crippen LogP contribution in [0.4, 0.5) is 5.69 Å². The minimum atomic E-state index is 0.504. The van der Waals surface area contributed by atoms with Crippen LogP contribution in [-0.2, 0) is 19.5 Å². The SMILES string of the molecule is NCc1cc(CN2CCCCc3ccccc32)ccn1. The maximum absolute atomic E-state index is 5.68. The van der Waals surface area contributed by atoms with Crippen LogP contribution in [0.5, 0.6) is 0 Å². The zero-order chi connectivity index (χ0) is 13.8. The van der Waals surface area contributed by atoms with Gasteiger partial charge in [-0.05, 0) is 48.6 Å².